The highest BCUT2D eigenvalue weighted by molar-refractivity contribution is 5.45. The number of rotatable bonds is 7. The molecule has 0 aliphatic rings. The highest BCUT2D eigenvalue weighted by Crippen LogP contribution is 2.29. The van der Waals surface area contributed by atoms with Crippen LogP contribution in [0.1, 0.15) is 26.3 Å². The number of hydrogen-bond donors (Lipinski definition) is 2. The molecule has 0 saturated carbocycles. The Morgan fingerprint density at radius 2 is 2.06 bits per heavy atom. The van der Waals surface area contributed by atoms with Crippen molar-refractivity contribution in [3.63, 3.8) is 0 Å². The van der Waals surface area contributed by atoms with Gasteiger partial charge in [-0.2, -0.15) is 0 Å². The van der Waals surface area contributed by atoms with Gasteiger partial charge in [-0.3, -0.25) is 0 Å². The highest BCUT2D eigenvalue weighted by atomic mass is 16.5. The summed E-state index contributed by atoms with van der Waals surface area (Å²) in [4.78, 5) is 0. The maximum Gasteiger partial charge on any atom is 0.162 e. The van der Waals surface area contributed by atoms with Crippen molar-refractivity contribution >= 4 is 0 Å². The van der Waals surface area contributed by atoms with Crippen LogP contribution in [0.4, 0.5) is 0 Å². The first-order valence-electron chi connectivity index (χ1n) is 6.19. The third kappa shape index (κ3) is 4.20. The largest absolute Gasteiger partial charge is 0.504 e. The molecule has 4 heteroatoms. The molecular formula is C14H23NO3. The molecule has 0 saturated heterocycles. The van der Waals surface area contributed by atoms with Crippen LogP contribution in [0.25, 0.3) is 0 Å². The molecule has 0 amide bonds. The molecular weight excluding hydrogens is 230 g/mol. The van der Waals surface area contributed by atoms with Gasteiger partial charge in [-0.25, -0.2) is 0 Å². The molecule has 0 unspecified atom stereocenters. The lowest BCUT2D eigenvalue weighted by molar-refractivity contribution is 0.0230. The molecule has 0 fully saturated rings. The van der Waals surface area contributed by atoms with Crippen molar-refractivity contribution < 1.29 is 14.6 Å². The number of aromatic hydroxyl groups is 1. The van der Waals surface area contributed by atoms with Crippen molar-refractivity contribution in [2.45, 2.75) is 32.9 Å². The van der Waals surface area contributed by atoms with E-state index in [9.17, 15) is 5.11 Å². The summed E-state index contributed by atoms with van der Waals surface area (Å²) in [7, 11) is 1.69. The Kier molecular flexibility index (Phi) is 5.44. The van der Waals surface area contributed by atoms with Crippen molar-refractivity contribution in [3.8, 4) is 11.5 Å². The van der Waals surface area contributed by atoms with E-state index in [1.807, 2.05) is 32.9 Å². The van der Waals surface area contributed by atoms with E-state index < -0.39 is 0 Å². The summed E-state index contributed by atoms with van der Waals surface area (Å²) in [5.41, 5.74) is 0.612. The average Bonchev–Trinajstić information content (AvgIpc) is 2.34. The minimum atomic E-state index is -0.215. The Morgan fingerprint density at radius 1 is 1.33 bits per heavy atom. The molecule has 0 atom stereocenters. The monoisotopic (exact) mass is 253 g/mol. The minimum Gasteiger partial charge on any atom is -0.504 e. The minimum absolute atomic E-state index is 0.210. The maximum atomic E-state index is 10.0. The first kappa shape index (κ1) is 14.8. The molecule has 0 aliphatic carbocycles. The number of benzene rings is 1. The Labute approximate surface area is 109 Å². The van der Waals surface area contributed by atoms with Gasteiger partial charge in [0.2, 0.25) is 0 Å². The van der Waals surface area contributed by atoms with Crippen LogP contribution in [0.15, 0.2) is 18.2 Å². The van der Waals surface area contributed by atoms with E-state index in [2.05, 4.69) is 5.32 Å². The third-order valence-electron chi connectivity index (χ3n) is 2.80. The fourth-order valence-electron chi connectivity index (χ4n) is 1.55. The molecule has 0 aliphatic heterocycles. The van der Waals surface area contributed by atoms with E-state index in [-0.39, 0.29) is 11.4 Å². The molecule has 1 aromatic carbocycles. The molecule has 4 nitrogen and oxygen atoms in total. The van der Waals surface area contributed by atoms with E-state index >= 15 is 0 Å². The Balaban J connectivity index is 2.60. The van der Waals surface area contributed by atoms with Crippen molar-refractivity contribution in [2.75, 3.05) is 20.3 Å². The summed E-state index contributed by atoms with van der Waals surface area (Å²) in [5, 5.41) is 13.3. The predicted octanol–water partition coefficient (Wildman–Crippen LogP) is 2.31. The van der Waals surface area contributed by atoms with Crippen molar-refractivity contribution in [1.29, 1.82) is 0 Å². The van der Waals surface area contributed by atoms with Gasteiger partial charge in [-0.05, 0) is 26.8 Å². The van der Waals surface area contributed by atoms with Crippen LogP contribution in [0.5, 0.6) is 11.5 Å². The summed E-state index contributed by atoms with van der Waals surface area (Å²) < 4.78 is 10.7. The number of methoxy groups -OCH3 is 1. The van der Waals surface area contributed by atoms with E-state index in [0.717, 1.165) is 5.56 Å². The molecule has 102 valence electrons. The van der Waals surface area contributed by atoms with Crippen LogP contribution in [0, 0.1) is 0 Å². The fraction of sp³-hybridized carbons (Fsp3) is 0.571. The first-order chi connectivity index (χ1) is 8.50. The normalized spacial score (nSPS) is 11.6. The van der Waals surface area contributed by atoms with Crippen molar-refractivity contribution in [3.05, 3.63) is 23.8 Å². The molecule has 0 radical (unpaired) electrons. The number of para-hydroxylation sites is 1. The topological polar surface area (TPSA) is 50.7 Å². The van der Waals surface area contributed by atoms with Crippen molar-refractivity contribution in [2.24, 2.45) is 0 Å². The van der Waals surface area contributed by atoms with E-state index in [1.54, 1.807) is 13.2 Å². The highest BCUT2D eigenvalue weighted by Gasteiger charge is 2.16. The average molecular weight is 253 g/mol. The molecule has 18 heavy (non-hydrogen) atoms. The second-order valence-corrected chi connectivity index (χ2v) is 4.76. The molecule has 0 bridgehead atoms. The van der Waals surface area contributed by atoms with Crippen LogP contribution >= 0.6 is 0 Å². The van der Waals surface area contributed by atoms with Crippen molar-refractivity contribution in [1.82, 2.24) is 5.32 Å². The molecule has 0 aromatic heterocycles. The SMILES string of the molecule is CCOc1cccc(CNCC(C)(C)OC)c1O. The summed E-state index contributed by atoms with van der Waals surface area (Å²) in [6.07, 6.45) is 0. The standard InChI is InChI=1S/C14H23NO3/c1-5-18-12-8-6-7-11(13(12)16)9-15-10-14(2,3)17-4/h6-8,15-16H,5,9-10H2,1-4H3. The summed E-state index contributed by atoms with van der Waals surface area (Å²) in [6, 6.07) is 5.52. The molecule has 1 aromatic rings. The van der Waals surface area contributed by atoms with E-state index in [1.165, 1.54) is 0 Å². The number of phenols is 1. The van der Waals surface area contributed by atoms with Gasteiger partial charge >= 0.3 is 0 Å². The maximum absolute atomic E-state index is 10.0. The second-order valence-electron chi connectivity index (χ2n) is 4.76. The van der Waals surface area contributed by atoms with Gasteiger partial charge in [0, 0.05) is 25.8 Å². The zero-order valence-corrected chi connectivity index (χ0v) is 11.6. The zero-order valence-electron chi connectivity index (χ0n) is 11.6. The summed E-state index contributed by atoms with van der Waals surface area (Å²) in [5.74, 6) is 0.741. The van der Waals surface area contributed by atoms with Gasteiger partial charge in [0.05, 0.1) is 12.2 Å². The molecule has 0 spiro atoms. The van der Waals surface area contributed by atoms with E-state index in [0.29, 0.717) is 25.4 Å². The Morgan fingerprint density at radius 3 is 2.67 bits per heavy atom. The first-order valence-corrected chi connectivity index (χ1v) is 6.19. The zero-order chi connectivity index (χ0) is 13.6. The van der Waals surface area contributed by atoms with Gasteiger partial charge in [-0.1, -0.05) is 12.1 Å². The Hall–Kier alpha value is -1.26. The Bertz CT molecular complexity index is 377. The number of ether oxygens (including phenoxy) is 2. The van der Waals surface area contributed by atoms with Gasteiger partial charge < -0.3 is 19.9 Å². The molecule has 2 N–H and O–H groups in total. The van der Waals surface area contributed by atoms with Crippen LogP contribution in [-0.4, -0.2) is 31.0 Å². The lowest BCUT2D eigenvalue weighted by atomic mass is 10.1. The number of phenolic OH excluding ortho intramolecular Hbond substituents is 1. The van der Waals surface area contributed by atoms with E-state index in [4.69, 9.17) is 9.47 Å². The van der Waals surface area contributed by atoms with Crippen LogP contribution in [-0.2, 0) is 11.3 Å². The predicted molar refractivity (Wildman–Crippen MR) is 72.1 cm³/mol. The third-order valence-corrected chi connectivity index (χ3v) is 2.80. The van der Waals surface area contributed by atoms with Gasteiger partial charge in [-0.15, -0.1) is 0 Å². The smallest absolute Gasteiger partial charge is 0.162 e. The lowest BCUT2D eigenvalue weighted by Crippen LogP contribution is -2.36. The molecule has 0 heterocycles. The molecule has 1 rings (SSSR count). The van der Waals surface area contributed by atoms with Gasteiger partial charge in [0.15, 0.2) is 11.5 Å². The van der Waals surface area contributed by atoms with Crippen LogP contribution in [0.3, 0.4) is 0 Å². The van der Waals surface area contributed by atoms with Gasteiger partial charge in [0.25, 0.3) is 0 Å². The van der Waals surface area contributed by atoms with Gasteiger partial charge in [0.1, 0.15) is 0 Å². The summed E-state index contributed by atoms with van der Waals surface area (Å²) in [6.45, 7) is 7.75. The summed E-state index contributed by atoms with van der Waals surface area (Å²) >= 11 is 0. The van der Waals surface area contributed by atoms with Crippen LogP contribution < -0.4 is 10.1 Å². The lowest BCUT2D eigenvalue weighted by Gasteiger charge is -2.23. The fourth-order valence-corrected chi connectivity index (χ4v) is 1.55. The number of nitrogens with one attached hydrogen (secondary N) is 1. The number of hydrogen-bond acceptors (Lipinski definition) is 4. The van der Waals surface area contributed by atoms with Crippen LogP contribution in [0.2, 0.25) is 0 Å². The second kappa shape index (κ2) is 6.61. The quantitative estimate of drug-likeness (QED) is 0.783.